The zero-order valence-electron chi connectivity index (χ0n) is 16.2. The highest BCUT2D eigenvalue weighted by Gasteiger charge is 2.33. The van der Waals surface area contributed by atoms with Gasteiger partial charge in [0.25, 0.3) is 0 Å². The van der Waals surface area contributed by atoms with Gasteiger partial charge in [-0.05, 0) is 43.9 Å². The van der Waals surface area contributed by atoms with Crippen molar-refractivity contribution >= 4 is 17.4 Å². The standard InChI is InChI=1S/C22H28N4O/c1-3-4-8-19(23-21-13-20(24-25-21)16-9-10-16)17-12-22(27)26(14-17)18-7-5-6-15(2)11-18/h5-8,11,13,16-17H,3-4,9-10,12,14H2,1-2H3,(H2,23,24,25). The van der Waals surface area contributed by atoms with Crippen molar-refractivity contribution in [2.45, 2.75) is 51.9 Å². The quantitative estimate of drug-likeness (QED) is 0.746. The molecule has 4 rings (SSSR count). The zero-order chi connectivity index (χ0) is 18.8. The Morgan fingerprint density at radius 1 is 1.37 bits per heavy atom. The topological polar surface area (TPSA) is 61.0 Å². The second kappa shape index (κ2) is 7.59. The van der Waals surface area contributed by atoms with Crippen molar-refractivity contribution in [1.29, 1.82) is 0 Å². The minimum absolute atomic E-state index is 0.172. The Labute approximate surface area is 160 Å². The number of carbonyl (C=O) groups excluding carboxylic acids is 1. The van der Waals surface area contributed by atoms with Crippen molar-refractivity contribution in [1.82, 2.24) is 10.2 Å². The van der Waals surface area contributed by atoms with Gasteiger partial charge in [-0.1, -0.05) is 31.6 Å². The first-order valence-electron chi connectivity index (χ1n) is 10.0. The molecule has 2 aromatic rings. The van der Waals surface area contributed by atoms with E-state index in [0.29, 0.717) is 18.9 Å². The number of benzene rings is 1. The van der Waals surface area contributed by atoms with Crippen LogP contribution < -0.4 is 10.2 Å². The van der Waals surface area contributed by atoms with Gasteiger partial charge in [-0.25, -0.2) is 0 Å². The summed E-state index contributed by atoms with van der Waals surface area (Å²) in [5, 5.41) is 11.1. The summed E-state index contributed by atoms with van der Waals surface area (Å²) < 4.78 is 0. The lowest BCUT2D eigenvalue weighted by atomic mass is 10.0. The van der Waals surface area contributed by atoms with Gasteiger partial charge in [0, 0.05) is 47.9 Å². The number of nitrogens with one attached hydrogen (secondary N) is 2. The van der Waals surface area contributed by atoms with E-state index in [4.69, 9.17) is 0 Å². The molecule has 1 amide bonds. The highest BCUT2D eigenvalue weighted by molar-refractivity contribution is 5.96. The van der Waals surface area contributed by atoms with Crippen LogP contribution in [0.3, 0.4) is 0 Å². The zero-order valence-corrected chi connectivity index (χ0v) is 16.2. The third-order valence-corrected chi connectivity index (χ3v) is 5.42. The third-order valence-electron chi connectivity index (χ3n) is 5.42. The molecule has 5 heteroatoms. The number of anilines is 2. The molecular formula is C22H28N4O. The smallest absolute Gasteiger partial charge is 0.227 e. The summed E-state index contributed by atoms with van der Waals surface area (Å²) in [6.07, 6.45) is 7.36. The Bertz CT molecular complexity index is 850. The summed E-state index contributed by atoms with van der Waals surface area (Å²) in [6, 6.07) is 10.3. The Kier molecular flexibility index (Phi) is 5.01. The van der Waals surface area contributed by atoms with Crippen LogP contribution in [-0.2, 0) is 4.79 Å². The van der Waals surface area contributed by atoms with Crippen LogP contribution in [0, 0.1) is 12.8 Å². The van der Waals surface area contributed by atoms with Crippen LogP contribution in [0.25, 0.3) is 0 Å². The van der Waals surface area contributed by atoms with Gasteiger partial charge in [0.15, 0.2) is 5.82 Å². The Morgan fingerprint density at radius 2 is 2.22 bits per heavy atom. The predicted octanol–water partition coefficient (Wildman–Crippen LogP) is 4.74. The lowest BCUT2D eigenvalue weighted by Gasteiger charge is -2.19. The summed E-state index contributed by atoms with van der Waals surface area (Å²) >= 11 is 0. The van der Waals surface area contributed by atoms with E-state index in [1.54, 1.807) is 0 Å². The minimum atomic E-state index is 0.172. The van der Waals surface area contributed by atoms with Crippen LogP contribution >= 0.6 is 0 Å². The number of nitrogens with zero attached hydrogens (tertiary/aromatic N) is 2. The molecule has 1 saturated heterocycles. The molecule has 5 nitrogen and oxygen atoms in total. The summed E-state index contributed by atoms with van der Waals surface area (Å²) in [5.41, 5.74) is 4.51. The number of carbonyl (C=O) groups is 1. The normalized spacial score (nSPS) is 20.4. The average Bonchev–Trinajstić information content (AvgIpc) is 3.28. The van der Waals surface area contributed by atoms with Crippen molar-refractivity contribution in [3.8, 4) is 0 Å². The largest absolute Gasteiger partial charge is 0.342 e. The van der Waals surface area contributed by atoms with Gasteiger partial charge in [-0.3, -0.25) is 9.89 Å². The van der Waals surface area contributed by atoms with E-state index in [-0.39, 0.29) is 11.8 Å². The van der Waals surface area contributed by atoms with E-state index < -0.39 is 0 Å². The van der Waals surface area contributed by atoms with E-state index in [1.165, 1.54) is 24.1 Å². The fourth-order valence-corrected chi connectivity index (χ4v) is 3.73. The highest BCUT2D eigenvalue weighted by atomic mass is 16.2. The molecule has 1 aliphatic heterocycles. The second-order valence-electron chi connectivity index (χ2n) is 7.80. The number of rotatable bonds is 7. The molecule has 2 heterocycles. The number of aromatic amines is 1. The highest BCUT2D eigenvalue weighted by Crippen LogP contribution is 2.40. The molecule has 1 saturated carbocycles. The molecule has 0 radical (unpaired) electrons. The summed E-state index contributed by atoms with van der Waals surface area (Å²) in [5.74, 6) is 1.88. The van der Waals surface area contributed by atoms with Gasteiger partial charge >= 0.3 is 0 Å². The van der Waals surface area contributed by atoms with Crippen LogP contribution in [0.1, 0.15) is 56.2 Å². The number of hydrogen-bond donors (Lipinski definition) is 2. The molecule has 1 atom stereocenters. The molecule has 2 N–H and O–H groups in total. The van der Waals surface area contributed by atoms with E-state index >= 15 is 0 Å². The van der Waals surface area contributed by atoms with Gasteiger partial charge in [0.2, 0.25) is 5.91 Å². The Balaban J connectivity index is 1.51. The maximum Gasteiger partial charge on any atom is 0.227 e. The van der Waals surface area contributed by atoms with Gasteiger partial charge < -0.3 is 10.2 Å². The molecule has 27 heavy (non-hydrogen) atoms. The van der Waals surface area contributed by atoms with Crippen molar-refractivity contribution in [3.63, 3.8) is 0 Å². The second-order valence-corrected chi connectivity index (χ2v) is 7.80. The maximum absolute atomic E-state index is 12.7. The number of aryl methyl sites for hydroxylation is 1. The number of unbranched alkanes of at least 4 members (excludes halogenated alkanes) is 1. The number of amides is 1. The lowest BCUT2D eigenvalue weighted by molar-refractivity contribution is -0.117. The number of hydrogen-bond acceptors (Lipinski definition) is 3. The molecule has 2 aliphatic rings. The molecule has 0 bridgehead atoms. The number of H-pyrrole nitrogens is 1. The monoisotopic (exact) mass is 364 g/mol. The van der Waals surface area contributed by atoms with Crippen molar-refractivity contribution in [2.24, 2.45) is 5.92 Å². The SMILES string of the molecule is CCCC=C(Nc1cc(C2CC2)[nH]n1)C1CC(=O)N(c2cccc(C)c2)C1. The first-order valence-corrected chi connectivity index (χ1v) is 10.0. The van der Waals surface area contributed by atoms with E-state index in [1.807, 2.05) is 17.0 Å². The van der Waals surface area contributed by atoms with Crippen LogP contribution in [0.15, 0.2) is 42.1 Å². The third kappa shape index (κ3) is 4.07. The van der Waals surface area contributed by atoms with Crippen molar-refractivity contribution < 1.29 is 4.79 Å². The van der Waals surface area contributed by atoms with Crippen LogP contribution in [0.4, 0.5) is 11.5 Å². The van der Waals surface area contributed by atoms with E-state index in [2.05, 4.69) is 53.6 Å². The molecule has 1 aliphatic carbocycles. The maximum atomic E-state index is 12.7. The lowest BCUT2D eigenvalue weighted by Crippen LogP contribution is -2.25. The molecule has 1 aromatic heterocycles. The number of aromatic nitrogens is 2. The van der Waals surface area contributed by atoms with Crippen molar-refractivity contribution in [3.05, 3.63) is 53.4 Å². The minimum Gasteiger partial charge on any atom is -0.342 e. The van der Waals surface area contributed by atoms with Crippen LogP contribution in [0.2, 0.25) is 0 Å². The van der Waals surface area contributed by atoms with Gasteiger partial charge in [0.1, 0.15) is 0 Å². The summed E-state index contributed by atoms with van der Waals surface area (Å²) in [6.45, 7) is 4.95. The Morgan fingerprint density at radius 3 is 2.96 bits per heavy atom. The fraction of sp³-hybridized carbons (Fsp3) is 0.455. The van der Waals surface area contributed by atoms with Crippen LogP contribution in [-0.4, -0.2) is 22.6 Å². The first kappa shape index (κ1) is 17.8. The summed E-state index contributed by atoms with van der Waals surface area (Å²) in [7, 11) is 0. The number of allylic oxidation sites excluding steroid dienone is 1. The van der Waals surface area contributed by atoms with E-state index in [9.17, 15) is 4.79 Å². The van der Waals surface area contributed by atoms with Gasteiger partial charge in [0.05, 0.1) is 0 Å². The Hall–Kier alpha value is -2.56. The van der Waals surface area contributed by atoms with E-state index in [0.717, 1.165) is 30.0 Å². The molecule has 2 fully saturated rings. The van der Waals surface area contributed by atoms with Gasteiger partial charge in [-0.2, -0.15) is 5.10 Å². The molecular weight excluding hydrogens is 336 g/mol. The fourth-order valence-electron chi connectivity index (χ4n) is 3.73. The average molecular weight is 364 g/mol. The van der Waals surface area contributed by atoms with Gasteiger partial charge in [-0.15, -0.1) is 0 Å². The molecule has 0 spiro atoms. The molecule has 1 aromatic carbocycles. The van der Waals surface area contributed by atoms with Crippen LogP contribution in [0.5, 0.6) is 0 Å². The molecule has 1 unspecified atom stereocenters. The predicted molar refractivity (Wildman–Crippen MR) is 109 cm³/mol. The van der Waals surface area contributed by atoms with Crippen molar-refractivity contribution in [2.75, 3.05) is 16.8 Å². The molecule has 142 valence electrons. The summed E-state index contributed by atoms with van der Waals surface area (Å²) in [4.78, 5) is 14.6. The first-order chi connectivity index (χ1) is 13.1.